The molecule has 1 aliphatic heterocycles. The molecular formula is C83H61N3O2. The van der Waals surface area contributed by atoms with Crippen molar-refractivity contribution >= 4 is 121 Å². The lowest BCUT2D eigenvalue weighted by Crippen LogP contribution is -2.34. The van der Waals surface area contributed by atoms with Gasteiger partial charge >= 0.3 is 0 Å². The molecule has 3 aromatic heterocycles. The number of furan rings is 2. The minimum absolute atomic E-state index is 0.0525. The summed E-state index contributed by atoms with van der Waals surface area (Å²) in [7, 11) is 0. The van der Waals surface area contributed by atoms with E-state index in [1.165, 1.54) is 66.0 Å². The Hall–Kier alpha value is -10.6. The minimum Gasteiger partial charge on any atom is -0.454 e. The number of rotatable bonds is 6. The molecule has 2 aliphatic rings. The third-order valence-electron chi connectivity index (χ3n) is 19.4. The second-order valence-corrected chi connectivity index (χ2v) is 26.4. The molecule has 4 heterocycles. The molecular weight excluding hydrogens is 1070 g/mol. The third kappa shape index (κ3) is 7.04. The van der Waals surface area contributed by atoms with E-state index in [1.54, 1.807) is 0 Å². The van der Waals surface area contributed by atoms with Crippen LogP contribution in [0.4, 0.5) is 34.1 Å². The lowest BCUT2D eigenvalue weighted by Gasteiger charge is -2.40. The van der Waals surface area contributed by atoms with Crippen molar-refractivity contribution in [1.29, 1.82) is 0 Å². The Bertz CT molecular complexity index is 5340. The Morgan fingerprint density at radius 3 is 1.28 bits per heavy atom. The quantitative estimate of drug-likeness (QED) is 0.166. The first kappa shape index (κ1) is 50.7. The summed E-state index contributed by atoms with van der Waals surface area (Å²) in [6.07, 6.45) is 0. The summed E-state index contributed by atoms with van der Waals surface area (Å²) in [6.45, 7) is 13.7. The van der Waals surface area contributed by atoms with Gasteiger partial charge in [-0.2, -0.15) is 0 Å². The molecule has 1 spiro atoms. The van der Waals surface area contributed by atoms with Crippen LogP contribution in [0.2, 0.25) is 0 Å². The number of hydrogen-bond donors (Lipinski definition) is 0. The van der Waals surface area contributed by atoms with Crippen molar-refractivity contribution in [3.63, 3.8) is 0 Å². The minimum atomic E-state index is -0.940. The average Bonchev–Trinajstić information content (AvgIpc) is 1.47. The fourth-order valence-electron chi connectivity index (χ4n) is 15.3. The second-order valence-electron chi connectivity index (χ2n) is 26.4. The van der Waals surface area contributed by atoms with Gasteiger partial charge < -0.3 is 23.2 Å². The molecule has 0 saturated carbocycles. The first-order chi connectivity index (χ1) is 42.9. The molecule has 0 atom stereocenters. The van der Waals surface area contributed by atoms with E-state index in [0.29, 0.717) is 0 Å². The van der Waals surface area contributed by atoms with E-state index in [4.69, 9.17) is 8.83 Å². The normalized spacial score (nSPS) is 13.4. The summed E-state index contributed by atoms with van der Waals surface area (Å²) in [5.41, 5.74) is 21.4. The van der Waals surface area contributed by atoms with Crippen LogP contribution in [0.3, 0.4) is 0 Å². The molecule has 0 bridgehead atoms. The van der Waals surface area contributed by atoms with Gasteiger partial charge in [0.1, 0.15) is 11.2 Å². The lowest BCUT2D eigenvalue weighted by atomic mass is 9.65. The highest BCUT2D eigenvalue weighted by Gasteiger charge is 2.54. The van der Waals surface area contributed by atoms with Gasteiger partial charge in [-0.05, 0) is 162 Å². The van der Waals surface area contributed by atoms with Crippen LogP contribution in [-0.2, 0) is 16.2 Å². The van der Waals surface area contributed by atoms with E-state index >= 15 is 0 Å². The van der Waals surface area contributed by atoms with Crippen LogP contribution in [0.25, 0.3) is 104 Å². The topological polar surface area (TPSA) is 37.7 Å². The van der Waals surface area contributed by atoms with Crippen LogP contribution in [0.15, 0.2) is 270 Å². The molecule has 88 heavy (non-hydrogen) atoms. The molecule has 18 rings (SSSR count). The molecule has 420 valence electrons. The maximum Gasteiger partial charge on any atom is 0.160 e. The van der Waals surface area contributed by atoms with Crippen LogP contribution in [-0.4, -0.2) is 4.57 Å². The summed E-state index contributed by atoms with van der Waals surface area (Å²) < 4.78 is 17.7. The van der Waals surface area contributed by atoms with Crippen molar-refractivity contribution in [2.75, 3.05) is 9.80 Å². The zero-order valence-electron chi connectivity index (χ0n) is 50.0. The molecule has 0 amide bonds. The summed E-state index contributed by atoms with van der Waals surface area (Å²) in [4.78, 5) is 4.92. The highest BCUT2D eigenvalue weighted by molar-refractivity contribution is 6.28. The van der Waals surface area contributed by atoms with Crippen molar-refractivity contribution in [2.45, 2.75) is 57.8 Å². The highest BCUT2D eigenvalue weighted by atomic mass is 16.3. The maximum absolute atomic E-state index is 7.56. The molecule has 13 aromatic carbocycles. The van der Waals surface area contributed by atoms with Crippen molar-refractivity contribution in [3.05, 3.63) is 294 Å². The van der Waals surface area contributed by atoms with E-state index < -0.39 is 5.41 Å². The van der Waals surface area contributed by atoms with Crippen molar-refractivity contribution in [2.24, 2.45) is 0 Å². The molecule has 0 unspecified atom stereocenters. The molecule has 5 nitrogen and oxygen atoms in total. The van der Waals surface area contributed by atoms with Gasteiger partial charge in [0.2, 0.25) is 0 Å². The standard InChI is InChI=1S/C83H61N3O2/c1-81(2,3)54-36-42-56(43-37-54)84(58-40-34-50-20-7-9-22-52(50)46-58)70-48-66-76(74-62-25-12-17-32-72(62)87-79(70)74)77-67(83(66)64-28-14-16-31-69(64)86-68-30-15-11-24-60(68)61-27-19-29-65(83)78(61)86)49-71(80-75(77)63-26-13-18-33-73(63)88-80)85(57-44-38-55(39-45-57)82(4,5)6)59-41-35-51-21-8-10-23-53(51)47-59/h7-49H,1-6H3. The van der Waals surface area contributed by atoms with Gasteiger partial charge in [-0.1, -0.05) is 217 Å². The van der Waals surface area contributed by atoms with E-state index in [0.717, 1.165) is 106 Å². The zero-order chi connectivity index (χ0) is 58.9. The van der Waals surface area contributed by atoms with Crippen LogP contribution in [0, 0.1) is 0 Å². The Balaban J connectivity index is 1.06. The second kappa shape index (κ2) is 18.2. The molecule has 0 saturated heterocycles. The number of para-hydroxylation sites is 5. The molecule has 0 radical (unpaired) electrons. The van der Waals surface area contributed by atoms with Crippen LogP contribution in [0.1, 0.15) is 74.9 Å². The fourth-order valence-corrected chi connectivity index (χ4v) is 15.3. The molecule has 5 heteroatoms. The van der Waals surface area contributed by atoms with Crippen LogP contribution >= 0.6 is 0 Å². The maximum atomic E-state index is 7.56. The predicted molar refractivity (Wildman–Crippen MR) is 368 cm³/mol. The number of fused-ring (bicyclic) bond motifs is 22. The molecule has 0 N–H and O–H groups in total. The zero-order valence-corrected chi connectivity index (χ0v) is 50.0. The predicted octanol–water partition coefficient (Wildman–Crippen LogP) is 23.1. The highest BCUT2D eigenvalue weighted by Crippen LogP contribution is 2.67. The summed E-state index contributed by atoms with van der Waals surface area (Å²) in [5, 5.41) is 11.4. The number of benzene rings is 13. The third-order valence-corrected chi connectivity index (χ3v) is 19.4. The van der Waals surface area contributed by atoms with Gasteiger partial charge in [0.25, 0.3) is 0 Å². The Morgan fingerprint density at radius 1 is 0.341 bits per heavy atom. The Kier molecular flexibility index (Phi) is 10.5. The van der Waals surface area contributed by atoms with Gasteiger partial charge in [0.15, 0.2) is 11.2 Å². The van der Waals surface area contributed by atoms with Gasteiger partial charge in [-0.25, -0.2) is 0 Å². The first-order valence-electron chi connectivity index (χ1n) is 30.8. The number of hydrogen-bond acceptors (Lipinski definition) is 4. The fraction of sp³-hybridized carbons (Fsp3) is 0.108. The number of aromatic nitrogens is 1. The molecule has 0 fully saturated rings. The van der Waals surface area contributed by atoms with Crippen molar-refractivity contribution < 1.29 is 8.83 Å². The average molecular weight is 1130 g/mol. The lowest BCUT2D eigenvalue weighted by molar-refractivity contribution is 0.590. The van der Waals surface area contributed by atoms with Gasteiger partial charge in [0.05, 0.1) is 33.5 Å². The first-order valence-corrected chi connectivity index (χ1v) is 30.8. The van der Waals surface area contributed by atoms with Gasteiger partial charge in [-0.3, -0.25) is 0 Å². The van der Waals surface area contributed by atoms with E-state index in [9.17, 15) is 0 Å². The largest absolute Gasteiger partial charge is 0.454 e. The Labute approximate surface area is 510 Å². The summed E-state index contributed by atoms with van der Waals surface area (Å²) >= 11 is 0. The summed E-state index contributed by atoms with van der Waals surface area (Å²) in [6, 6.07) is 97.3. The van der Waals surface area contributed by atoms with E-state index in [2.05, 4.69) is 317 Å². The van der Waals surface area contributed by atoms with Gasteiger partial charge in [0, 0.05) is 55.1 Å². The molecule has 16 aromatic rings. The number of anilines is 6. The molecule has 1 aliphatic carbocycles. The smallest absolute Gasteiger partial charge is 0.160 e. The Morgan fingerprint density at radius 2 is 0.761 bits per heavy atom. The van der Waals surface area contributed by atoms with Gasteiger partial charge in [-0.15, -0.1) is 0 Å². The number of nitrogens with zero attached hydrogens (tertiary/aromatic N) is 3. The van der Waals surface area contributed by atoms with E-state index in [-0.39, 0.29) is 10.8 Å². The van der Waals surface area contributed by atoms with Crippen LogP contribution < -0.4 is 9.80 Å². The van der Waals surface area contributed by atoms with E-state index in [1.807, 2.05) is 0 Å². The van der Waals surface area contributed by atoms with Crippen LogP contribution in [0.5, 0.6) is 0 Å². The van der Waals surface area contributed by atoms with Crippen molar-refractivity contribution in [1.82, 2.24) is 4.57 Å². The SMILES string of the molecule is CC(C)(C)c1ccc(N(c2ccc3ccccc3c2)c2cc3c(c4c2oc2ccccc24)-c2c(cc(N(c4ccc(C(C)(C)C)cc4)c4ccc5ccccc5c4)c4oc5ccccc5c24)C32c3ccccc3-n3c4ccccc4c4cccc2c43)cc1. The van der Waals surface area contributed by atoms with Crippen molar-refractivity contribution in [3.8, 4) is 16.8 Å². The summed E-state index contributed by atoms with van der Waals surface area (Å²) in [5.74, 6) is 0. The monoisotopic (exact) mass is 1130 g/mol.